The van der Waals surface area contributed by atoms with Crippen molar-refractivity contribution in [2.75, 3.05) is 7.05 Å². The third-order valence-corrected chi connectivity index (χ3v) is 4.21. The zero-order valence-corrected chi connectivity index (χ0v) is 11.6. The summed E-state index contributed by atoms with van der Waals surface area (Å²) in [6.07, 6.45) is 0. The highest BCUT2D eigenvalue weighted by Crippen LogP contribution is 2.22. The fourth-order valence-electron chi connectivity index (χ4n) is 1.30. The second-order valence-corrected chi connectivity index (χ2v) is 5.70. The largest absolute Gasteiger partial charge is 0.313 e. The molecule has 0 atom stereocenters. The van der Waals surface area contributed by atoms with Crippen molar-refractivity contribution >= 4 is 23.1 Å². The molecule has 0 saturated carbocycles. The molecule has 6 nitrogen and oxygen atoms in total. The molecule has 0 fully saturated rings. The van der Waals surface area contributed by atoms with E-state index >= 15 is 0 Å². The molecule has 0 aliphatic heterocycles. The lowest BCUT2D eigenvalue weighted by molar-refractivity contribution is 0.682. The van der Waals surface area contributed by atoms with Gasteiger partial charge in [0.05, 0.1) is 12.3 Å². The van der Waals surface area contributed by atoms with Crippen LogP contribution in [0.5, 0.6) is 0 Å². The summed E-state index contributed by atoms with van der Waals surface area (Å²) >= 11 is 3.25. The second kappa shape index (κ2) is 5.56. The number of hydrogen-bond donors (Lipinski definition) is 1. The van der Waals surface area contributed by atoms with Gasteiger partial charge in [0.1, 0.15) is 15.8 Å². The Hall–Kier alpha value is -0.990. The van der Waals surface area contributed by atoms with Gasteiger partial charge in [-0.05, 0) is 14.0 Å². The molecular formula is C9H14N6S2. The summed E-state index contributed by atoms with van der Waals surface area (Å²) in [6.45, 7) is 2.68. The van der Waals surface area contributed by atoms with E-state index in [4.69, 9.17) is 0 Å². The van der Waals surface area contributed by atoms with Crippen LogP contribution in [-0.2, 0) is 19.3 Å². The third-order valence-electron chi connectivity index (χ3n) is 2.15. The number of hydrogen-bond acceptors (Lipinski definition) is 7. The van der Waals surface area contributed by atoms with Crippen molar-refractivity contribution in [1.29, 1.82) is 0 Å². The van der Waals surface area contributed by atoms with Crippen molar-refractivity contribution in [2.24, 2.45) is 7.05 Å². The van der Waals surface area contributed by atoms with Crippen LogP contribution in [0.1, 0.15) is 15.8 Å². The van der Waals surface area contributed by atoms with Gasteiger partial charge in [0.2, 0.25) is 0 Å². The Balaban J connectivity index is 1.99. The number of nitrogens with one attached hydrogen (secondary N) is 1. The number of thioether (sulfide) groups is 1. The maximum atomic E-state index is 4.15. The van der Waals surface area contributed by atoms with E-state index in [0.29, 0.717) is 0 Å². The van der Waals surface area contributed by atoms with Gasteiger partial charge in [0.25, 0.3) is 0 Å². The first-order valence-electron chi connectivity index (χ1n) is 5.15. The van der Waals surface area contributed by atoms with E-state index < -0.39 is 0 Å². The normalized spacial score (nSPS) is 11.0. The molecule has 0 unspecified atom stereocenters. The summed E-state index contributed by atoms with van der Waals surface area (Å²) in [5, 5.41) is 22.3. The standard InChI is InChI=1S/C9H14N6S2/c1-6-11-13-8(17-6)5-16-9-14-12-7(4-10-2)15(9)3/h10H,4-5H2,1-3H3. The summed E-state index contributed by atoms with van der Waals surface area (Å²) in [5.74, 6) is 1.72. The smallest absolute Gasteiger partial charge is 0.191 e. The molecule has 0 radical (unpaired) electrons. The van der Waals surface area contributed by atoms with Gasteiger partial charge in [-0.25, -0.2) is 0 Å². The maximum absolute atomic E-state index is 4.15. The van der Waals surface area contributed by atoms with Crippen LogP contribution in [0.25, 0.3) is 0 Å². The lowest BCUT2D eigenvalue weighted by Gasteiger charge is -2.01. The van der Waals surface area contributed by atoms with Gasteiger partial charge in [-0.2, -0.15) is 0 Å². The first kappa shape index (κ1) is 12.5. The maximum Gasteiger partial charge on any atom is 0.191 e. The molecule has 92 valence electrons. The van der Waals surface area contributed by atoms with E-state index in [0.717, 1.165) is 33.3 Å². The summed E-state index contributed by atoms with van der Waals surface area (Å²) in [5.41, 5.74) is 0. The fraction of sp³-hybridized carbons (Fsp3) is 0.556. The Labute approximate surface area is 108 Å². The molecule has 2 aromatic heterocycles. The van der Waals surface area contributed by atoms with Crippen molar-refractivity contribution in [1.82, 2.24) is 30.3 Å². The predicted octanol–water partition coefficient (Wildman–Crippen LogP) is 0.987. The number of aromatic nitrogens is 5. The van der Waals surface area contributed by atoms with Crippen LogP contribution in [0.3, 0.4) is 0 Å². The summed E-state index contributed by atoms with van der Waals surface area (Å²) in [4.78, 5) is 0. The lowest BCUT2D eigenvalue weighted by Crippen LogP contribution is -2.10. The van der Waals surface area contributed by atoms with Crippen molar-refractivity contribution < 1.29 is 0 Å². The van der Waals surface area contributed by atoms with E-state index in [1.807, 2.05) is 25.6 Å². The van der Waals surface area contributed by atoms with Crippen LogP contribution in [0.4, 0.5) is 0 Å². The molecule has 8 heteroatoms. The molecule has 2 heterocycles. The first-order valence-corrected chi connectivity index (χ1v) is 6.95. The minimum atomic E-state index is 0.724. The SMILES string of the molecule is CNCc1nnc(SCc2nnc(C)s2)n1C. The highest BCUT2D eigenvalue weighted by Gasteiger charge is 2.09. The fourth-order valence-corrected chi connectivity index (χ4v) is 2.93. The Morgan fingerprint density at radius 3 is 2.76 bits per heavy atom. The Kier molecular flexibility index (Phi) is 4.08. The van der Waals surface area contributed by atoms with E-state index in [2.05, 4.69) is 25.7 Å². The van der Waals surface area contributed by atoms with Crippen molar-refractivity contribution in [3.63, 3.8) is 0 Å². The van der Waals surface area contributed by atoms with Crippen LogP contribution in [0.15, 0.2) is 5.16 Å². The highest BCUT2D eigenvalue weighted by atomic mass is 32.2. The van der Waals surface area contributed by atoms with E-state index in [1.54, 1.807) is 23.1 Å². The van der Waals surface area contributed by atoms with E-state index in [9.17, 15) is 0 Å². The van der Waals surface area contributed by atoms with Gasteiger partial charge in [0.15, 0.2) is 5.16 Å². The Morgan fingerprint density at radius 1 is 1.29 bits per heavy atom. The lowest BCUT2D eigenvalue weighted by atomic mass is 10.6. The van der Waals surface area contributed by atoms with E-state index in [1.165, 1.54) is 0 Å². The zero-order chi connectivity index (χ0) is 12.3. The van der Waals surface area contributed by atoms with Gasteiger partial charge in [-0.15, -0.1) is 31.7 Å². The average Bonchev–Trinajstić information content (AvgIpc) is 2.86. The van der Waals surface area contributed by atoms with Gasteiger partial charge in [-0.1, -0.05) is 11.8 Å². The molecule has 0 aliphatic carbocycles. The molecular weight excluding hydrogens is 256 g/mol. The second-order valence-electron chi connectivity index (χ2n) is 3.49. The number of rotatable bonds is 5. The molecule has 17 heavy (non-hydrogen) atoms. The van der Waals surface area contributed by atoms with E-state index in [-0.39, 0.29) is 0 Å². The van der Waals surface area contributed by atoms with Gasteiger partial charge in [0, 0.05) is 7.05 Å². The molecule has 2 rings (SSSR count). The van der Waals surface area contributed by atoms with Crippen LogP contribution in [0.2, 0.25) is 0 Å². The molecule has 1 N–H and O–H groups in total. The Bertz CT molecular complexity index is 491. The summed E-state index contributed by atoms with van der Waals surface area (Å²) in [6, 6.07) is 0. The quantitative estimate of drug-likeness (QED) is 0.817. The first-order chi connectivity index (χ1) is 8.20. The van der Waals surface area contributed by atoms with Gasteiger partial charge < -0.3 is 9.88 Å². The topological polar surface area (TPSA) is 68.5 Å². The summed E-state index contributed by atoms with van der Waals surface area (Å²) < 4.78 is 2.00. The molecule has 0 saturated heterocycles. The molecule has 2 aromatic rings. The molecule has 0 amide bonds. The minimum absolute atomic E-state index is 0.724. The molecule has 0 spiro atoms. The van der Waals surface area contributed by atoms with Gasteiger partial charge in [-0.3, -0.25) is 0 Å². The number of aryl methyl sites for hydroxylation is 1. The Morgan fingerprint density at radius 2 is 2.12 bits per heavy atom. The zero-order valence-electron chi connectivity index (χ0n) is 9.97. The van der Waals surface area contributed by atoms with Crippen LogP contribution < -0.4 is 5.32 Å². The third kappa shape index (κ3) is 3.02. The molecule has 0 aromatic carbocycles. The van der Waals surface area contributed by atoms with Crippen molar-refractivity contribution in [3.05, 3.63) is 15.8 Å². The average molecular weight is 270 g/mol. The van der Waals surface area contributed by atoms with Gasteiger partial charge >= 0.3 is 0 Å². The van der Waals surface area contributed by atoms with Crippen LogP contribution in [0, 0.1) is 6.92 Å². The van der Waals surface area contributed by atoms with Crippen molar-refractivity contribution in [2.45, 2.75) is 24.4 Å². The molecule has 0 aliphatic rings. The number of nitrogens with zero attached hydrogens (tertiary/aromatic N) is 5. The predicted molar refractivity (Wildman–Crippen MR) is 68.0 cm³/mol. The summed E-state index contributed by atoms with van der Waals surface area (Å²) in [7, 11) is 3.87. The van der Waals surface area contributed by atoms with Crippen LogP contribution >= 0.6 is 23.1 Å². The monoisotopic (exact) mass is 270 g/mol. The van der Waals surface area contributed by atoms with Crippen LogP contribution in [-0.4, -0.2) is 32.0 Å². The molecule has 0 bridgehead atoms. The van der Waals surface area contributed by atoms with Crippen molar-refractivity contribution in [3.8, 4) is 0 Å². The highest BCUT2D eigenvalue weighted by molar-refractivity contribution is 7.98. The minimum Gasteiger partial charge on any atom is -0.313 e.